The van der Waals surface area contributed by atoms with Crippen molar-refractivity contribution in [3.63, 3.8) is 0 Å². The summed E-state index contributed by atoms with van der Waals surface area (Å²) in [5.41, 5.74) is 6.91. The number of hydrogen-bond acceptors (Lipinski definition) is 9. The third-order valence-electron chi connectivity index (χ3n) is 7.45. The lowest BCUT2D eigenvalue weighted by molar-refractivity contribution is -0.133. The van der Waals surface area contributed by atoms with E-state index in [-0.39, 0.29) is 49.4 Å². The van der Waals surface area contributed by atoms with Crippen LogP contribution in [-0.4, -0.2) is 82.9 Å². The molecule has 52 heavy (non-hydrogen) atoms. The molecule has 0 aliphatic rings. The van der Waals surface area contributed by atoms with E-state index in [2.05, 4.69) is 26.6 Å². The van der Waals surface area contributed by atoms with E-state index in [1.807, 2.05) is 88.4 Å². The van der Waals surface area contributed by atoms with Crippen LogP contribution < -0.4 is 32.3 Å². The average molecular weight is 751 g/mol. The van der Waals surface area contributed by atoms with Crippen molar-refractivity contribution in [2.75, 3.05) is 13.1 Å². The number of carbonyl (C=O) groups excluding carboxylic acids is 5. The van der Waals surface area contributed by atoms with Gasteiger partial charge < -0.3 is 47.3 Å². The SMILES string of the molecule is CCCC(N)C(O)C(=O)NCC(=O)N[C@H](C)c1ccccc1.CCCC(NC(=O)OC(C)(C)C)C(O)C(=O)NCC(=O)N[C@H](C)c1ccccc1.Cl. The molecular weight excluding hydrogens is 692 g/mol. The molecule has 0 bridgehead atoms. The minimum Gasteiger partial charge on any atom is -0.444 e. The number of nitrogens with two attached hydrogens (primary N) is 1. The van der Waals surface area contributed by atoms with Gasteiger partial charge in [0.1, 0.15) is 11.7 Å². The molecule has 2 aromatic rings. The zero-order chi connectivity index (χ0) is 38.6. The molecule has 2 aromatic carbocycles. The topological polar surface area (TPSA) is 221 Å². The zero-order valence-electron chi connectivity index (χ0n) is 31.3. The van der Waals surface area contributed by atoms with Crippen molar-refractivity contribution in [3.05, 3.63) is 71.8 Å². The first-order valence-electron chi connectivity index (χ1n) is 17.3. The molecule has 14 nitrogen and oxygen atoms in total. The van der Waals surface area contributed by atoms with E-state index in [9.17, 15) is 34.2 Å². The zero-order valence-corrected chi connectivity index (χ0v) is 32.1. The van der Waals surface area contributed by atoms with Crippen molar-refractivity contribution in [2.45, 2.75) is 116 Å². The van der Waals surface area contributed by atoms with Crippen molar-refractivity contribution < 1.29 is 38.9 Å². The summed E-state index contributed by atoms with van der Waals surface area (Å²) in [5.74, 6) is -2.06. The Morgan fingerprint density at radius 2 is 1.10 bits per heavy atom. The van der Waals surface area contributed by atoms with Crippen LogP contribution in [0.3, 0.4) is 0 Å². The highest BCUT2D eigenvalue weighted by Gasteiger charge is 2.29. The third-order valence-corrected chi connectivity index (χ3v) is 7.45. The first kappa shape index (κ1) is 47.8. The van der Waals surface area contributed by atoms with E-state index in [4.69, 9.17) is 10.5 Å². The van der Waals surface area contributed by atoms with E-state index in [1.54, 1.807) is 20.8 Å². The monoisotopic (exact) mass is 750 g/mol. The first-order valence-corrected chi connectivity index (χ1v) is 17.3. The van der Waals surface area contributed by atoms with Gasteiger partial charge in [-0.05, 0) is 58.6 Å². The average Bonchev–Trinajstić information content (AvgIpc) is 3.09. The molecule has 4 unspecified atom stereocenters. The van der Waals surface area contributed by atoms with Gasteiger partial charge >= 0.3 is 6.09 Å². The van der Waals surface area contributed by atoms with Crippen LogP contribution in [0.15, 0.2) is 60.7 Å². The molecule has 2 rings (SSSR count). The summed E-state index contributed by atoms with van der Waals surface area (Å²) in [5, 5.41) is 32.9. The van der Waals surface area contributed by atoms with Crippen molar-refractivity contribution >= 4 is 42.1 Å². The molecule has 292 valence electrons. The van der Waals surface area contributed by atoms with Gasteiger partial charge in [-0.15, -0.1) is 12.4 Å². The number of halogens is 1. The highest BCUT2D eigenvalue weighted by molar-refractivity contribution is 5.88. The predicted molar refractivity (Wildman–Crippen MR) is 202 cm³/mol. The predicted octanol–water partition coefficient (Wildman–Crippen LogP) is 2.92. The maximum absolute atomic E-state index is 12.3. The van der Waals surface area contributed by atoms with Gasteiger partial charge in [0.15, 0.2) is 6.10 Å². The fourth-order valence-electron chi connectivity index (χ4n) is 4.73. The summed E-state index contributed by atoms with van der Waals surface area (Å²) in [6, 6.07) is 17.1. The van der Waals surface area contributed by atoms with Gasteiger partial charge in [-0.25, -0.2) is 4.79 Å². The number of amides is 5. The van der Waals surface area contributed by atoms with Gasteiger partial charge in [0, 0.05) is 6.04 Å². The Labute approximate surface area is 313 Å². The highest BCUT2D eigenvalue weighted by Crippen LogP contribution is 2.12. The van der Waals surface area contributed by atoms with Crippen LogP contribution in [0.5, 0.6) is 0 Å². The van der Waals surface area contributed by atoms with E-state index in [0.29, 0.717) is 19.3 Å². The molecule has 15 heteroatoms. The van der Waals surface area contributed by atoms with Crippen molar-refractivity contribution in [1.29, 1.82) is 0 Å². The third kappa shape index (κ3) is 19.4. The van der Waals surface area contributed by atoms with Crippen LogP contribution in [0.2, 0.25) is 0 Å². The lowest BCUT2D eigenvalue weighted by Crippen LogP contribution is -2.52. The Bertz CT molecular complexity index is 1360. The van der Waals surface area contributed by atoms with Crippen molar-refractivity contribution in [1.82, 2.24) is 26.6 Å². The molecule has 9 N–H and O–H groups in total. The molecule has 0 saturated heterocycles. The molecule has 0 aromatic heterocycles. The molecule has 6 atom stereocenters. The van der Waals surface area contributed by atoms with Crippen molar-refractivity contribution in [2.24, 2.45) is 5.73 Å². The quantitative estimate of drug-likeness (QED) is 0.119. The maximum Gasteiger partial charge on any atom is 0.407 e. The van der Waals surface area contributed by atoms with E-state index in [0.717, 1.165) is 17.5 Å². The number of carbonyl (C=O) groups is 5. The Balaban J connectivity index is 0.00000102. The van der Waals surface area contributed by atoms with Crippen molar-refractivity contribution in [3.8, 4) is 0 Å². The second kappa shape index (κ2) is 24.9. The highest BCUT2D eigenvalue weighted by atomic mass is 35.5. The number of ether oxygens (including phenoxy) is 1. The number of hydrogen-bond donors (Lipinski definition) is 8. The fourth-order valence-corrected chi connectivity index (χ4v) is 4.73. The van der Waals surface area contributed by atoms with Gasteiger partial charge in [0.25, 0.3) is 11.8 Å². The Hall–Kier alpha value is -4.24. The van der Waals surface area contributed by atoms with Gasteiger partial charge in [-0.3, -0.25) is 19.2 Å². The van der Waals surface area contributed by atoms with E-state index < -0.39 is 47.8 Å². The molecule has 0 heterocycles. The molecule has 0 aliphatic heterocycles. The lowest BCUT2D eigenvalue weighted by atomic mass is 10.1. The molecule has 0 aliphatic carbocycles. The normalized spacial score (nSPS) is 14.2. The first-order chi connectivity index (χ1) is 24.0. The molecular formula is C37H59ClN6O8. The largest absolute Gasteiger partial charge is 0.444 e. The fraction of sp³-hybridized carbons (Fsp3) is 0.541. The molecule has 0 radical (unpaired) electrons. The Morgan fingerprint density at radius 1 is 0.692 bits per heavy atom. The summed E-state index contributed by atoms with van der Waals surface area (Å²) in [6.45, 7) is 12.2. The molecule has 0 fully saturated rings. The number of aliphatic hydroxyl groups is 2. The standard InChI is InChI=1S/C21H33N3O5.C16H25N3O3.ClH/c1-6-10-16(24-20(28)29-21(3,4)5)18(26)19(27)22-13-17(25)23-14(2)15-11-8-7-9-12-15;1-3-7-13(17)15(21)16(22)18-10-14(20)19-11(2)12-8-5-4-6-9-12;/h7-9,11-12,14,16,18,26H,6,10,13H2,1-5H3,(H,22,27)(H,23,25)(H,24,28);4-6,8-9,11,13,15,21H,3,7,10,17H2,1-2H3,(H,18,22)(H,19,20);1H/t14-,16?,18?;11-,13?,15?;/m11./s1. The summed E-state index contributed by atoms with van der Waals surface area (Å²) >= 11 is 0. The van der Waals surface area contributed by atoms with E-state index >= 15 is 0 Å². The van der Waals surface area contributed by atoms with Crippen LogP contribution >= 0.6 is 12.4 Å². The molecule has 0 spiro atoms. The van der Waals surface area contributed by atoms with Crippen LogP contribution in [0, 0.1) is 0 Å². The number of aliphatic hydroxyl groups excluding tert-OH is 2. The number of rotatable bonds is 17. The molecule has 0 saturated carbocycles. The van der Waals surface area contributed by atoms with Crippen LogP contribution in [0.25, 0.3) is 0 Å². The van der Waals surface area contributed by atoms with Gasteiger partial charge in [0.05, 0.1) is 31.2 Å². The minimum absolute atomic E-state index is 0. The van der Waals surface area contributed by atoms with Gasteiger partial charge in [-0.2, -0.15) is 0 Å². The number of alkyl carbamates (subject to hydrolysis) is 1. The number of benzene rings is 2. The summed E-state index contributed by atoms with van der Waals surface area (Å²) < 4.78 is 5.17. The van der Waals surface area contributed by atoms with Gasteiger partial charge in [0.2, 0.25) is 11.8 Å². The Morgan fingerprint density at radius 3 is 1.48 bits per heavy atom. The van der Waals surface area contributed by atoms with E-state index in [1.165, 1.54) is 0 Å². The summed E-state index contributed by atoms with van der Waals surface area (Å²) in [7, 11) is 0. The smallest absolute Gasteiger partial charge is 0.407 e. The van der Waals surface area contributed by atoms with Gasteiger partial charge in [-0.1, -0.05) is 87.4 Å². The molecule has 5 amide bonds. The minimum atomic E-state index is -1.50. The summed E-state index contributed by atoms with van der Waals surface area (Å²) in [6.07, 6.45) is -1.16. The Kier molecular flexibility index (Phi) is 22.8. The lowest BCUT2D eigenvalue weighted by Gasteiger charge is -2.26. The second-order valence-corrected chi connectivity index (χ2v) is 13.2. The van der Waals surface area contributed by atoms with Crippen LogP contribution in [0.1, 0.15) is 97.4 Å². The summed E-state index contributed by atoms with van der Waals surface area (Å²) in [4.78, 5) is 59.8. The number of nitrogens with one attached hydrogen (secondary N) is 5. The van der Waals surface area contributed by atoms with Crippen LogP contribution in [-0.2, 0) is 23.9 Å². The maximum atomic E-state index is 12.3. The second-order valence-electron chi connectivity index (χ2n) is 13.2. The van der Waals surface area contributed by atoms with Crippen LogP contribution in [0.4, 0.5) is 4.79 Å².